The van der Waals surface area contributed by atoms with Gasteiger partial charge in [-0.2, -0.15) is 18.1 Å². The van der Waals surface area contributed by atoms with Gasteiger partial charge in [0.25, 0.3) is 0 Å². The maximum atomic E-state index is 2.30. The number of fused-ring (bicyclic) bond motifs is 1. The first-order valence-electron chi connectivity index (χ1n) is 4.38. The Morgan fingerprint density at radius 1 is 1.17 bits per heavy atom. The molecule has 0 saturated heterocycles. The first-order chi connectivity index (χ1) is 5.47. The third kappa shape index (κ3) is 3.23. The third-order valence-corrected chi connectivity index (χ3v) is 1.83. The molecule has 0 bridgehead atoms. The Kier molecular flexibility index (Phi) is 7.59. The van der Waals surface area contributed by atoms with Crippen LogP contribution in [0.4, 0.5) is 0 Å². The van der Waals surface area contributed by atoms with Crippen molar-refractivity contribution in [3.8, 4) is 0 Å². The van der Waals surface area contributed by atoms with E-state index in [1.54, 1.807) is 0 Å². The Morgan fingerprint density at radius 2 is 1.83 bits per heavy atom. The average molecular weight is 186 g/mol. The van der Waals surface area contributed by atoms with E-state index in [4.69, 9.17) is 0 Å². The molecule has 12 heavy (non-hydrogen) atoms. The first-order valence-corrected chi connectivity index (χ1v) is 4.38. The molecule has 0 saturated carbocycles. The Balaban J connectivity index is 0.000000378. The average Bonchev–Trinajstić information content (AvgIpc) is 2.55. The molecular formula is C11H15K. The summed E-state index contributed by atoms with van der Waals surface area (Å²) in [6.45, 7) is 4.00. The van der Waals surface area contributed by atoms with E-state index in [9.17, 15) is 0 Å². The monoisotopic (exact) mass is 186 g/mol. The molecule has 0 fully saturated rings. The minimum absolute atomic E-state index is 0. The number of rotatable bonds is 0. The molecular weight excluding hydrogens is 171 g/mol. The summed E-state index contributed by atoms with van der Waals surface area (Å²) in [5.74, 6) is 0. The molecule has 1 heteroatoms. The van der Waals surface area contributed by atoms with Crippen LogP contribution in [-0.4, -0.2) is 0 Å². The molecule has 0 amide bonds. The van der Waals surface area contributed by atoms with Gasteiger partial charge in [-0.15, -0.1) is 17.7 Å². The van der Waals surface area contributed by atoms with Crippen LogP contribution in [0.15, 0.2) is 24.3 Å². The summed E-state index contributed by atoms with van der Waals surface area (Å²) in [5.41, 5.74) is 2.95. The fourth-order valence-electron chi connectivity index (χ4n) is 1.34. The van der Waals surface area contributed by atoms with Gasteiger partial charge in [-0.25, -0.2) is 0 Å². The van der Waals surface area contributed by atoms with Crippen LogP contribution >= 0.6 is 0 Å². The van der Waals surface area contributed by atoms with Crippen molar-refractivity contribution in [2.45, 2.75) is 26.7 Å². The van der Waals surface area contributed by atoms with Crippen LogP contribution in [0.5, 0.6) is 0 Å². The van der Waals surface area contributed by atoms with E-state index >= 15 is 0 Å². The number of benzene rings is 1. The van der Waals surface area contributed by atoms with E-state index in [1.807, 2.05) is 13.8 Å². The molecule has 0 aromatic heterocycles. The van der Waals surface area contributed by atoms with Gasteiger partial charge in [0.15, 0.2) is 0 Å². The van der Waals surface area contributed by atoms with E-state index < -0.39 is 0 Å². The molecule has 0 aliphatic heterocycles. The van der Waals surface area contributed by atoms with E-state index in [1.165, 1.54) is 24.0 Å². The molecule has 0 unspecified atom stereocenters. The van der Waals surface area contributed by atoms with Gasteiger partial charge in [0.2, 0.25) is 0 Å². The van der Waals surface area contributed by atoms with Crippen molar-refractivity contribution in [1.82, 2.24) is 0 Å². The maximum Gasteiger partial charge on any atom is 1.00 e. The van der Waals surface area contributed by atoms with E-state index in [2.05, 4.69) is 30.7 Å². The zero-order chi connectivity index (χ0) is 8.10. The van der Waals surface area contributed by atoms with Crippen LogP contribution in [-0.2, 0) is 6.42 Å². The summed E-state index contributed by atoms with van der Waals surface area (Å²) in [5, 5.41) is 0. The minimum atomic E-state index is 0. The number of hydrogen-bond acceptors (Lipinski definition) is 0. The van der Waals surface area contributed by atoms with Gasteiger partial charge in [0, 0.05) is 0 Å². The summed E-state index contributed by atoms with van der Waals surface area (Å²) >= 11 is 0. The number of aryl methyl sites for hydroxylation is 1. The van der Waals surface area contributed by atoms with Crippen molar-refractivity contribution in [1.29, 1.82) is 0 Å². The predicted molar refractivity (Wildman–Crippen MR) is 49.5 cm³/mol. The molecule has 0 N–H and O–H groups in total. The van der Waals surface area contributed by atoms with Crippen molar-refractivity contribution in [2.24, 2.45) is 0 Å². The molecule has 0 radical (unpaired) electrons. The molecule has 1 aromatic carbocycles. The van der Waals surface area contributed by atoms with Gasteiger partial charge >= 0.3 is 51.4 Å². The van der Waals surface area contributed by atoms with Crippen molar-refractivity contribution in [3.05, 3.63) is 41.8 Å². The standard InChI is InChI=1S/C9H9.C2H6.K/c1-2-5-9-7-3-6-8(9)4-1;1-2;/h1-2,4-6H,3,7H2;1-2H3;/q-1;;+1. The van der Waals surface area contributed by atoms with Gasteiger partial charge in [0.05, 0.1) is 0 Å². The summed E-state index contributed by atoms with van der Waals surface area (Å²) in [7, 11) is 0. The van der Waals surface area contributed by atoms with Gasteiger partial charge in [-0.1, -0.05) is 32.8 Å². The van der Waals surface area contributed by atoms with E-state index in [0.717, 1.165) is 0 Å². The largest absolute Gasteiger partial charge is 1.00 e. The smallest absolute Gasteiger partial charge is 0.189 e. The Bertz CT molecular complexity index is 195. The van der Waals surface area contributed by atoms with E-state index in [-0.39, 0.29) is 51.4 Å². The molecule has 1 aromatic rings. The maximum absolute atomic E-state index is 2.30. The SMILES string of the molecule is CC.[K+].c1ccc2c(c1)[CH-]CC2. The Morgan fingerprint density at radius 3 is 2.50 bits per heavy atom. The fraction of sp³-hybridized carbons (Fsp3) is 0.364. The van der Waals surface area contributed by atoms with E-state index in [0.29, 0.717) is 0 Å². The van der Waals surface area contributed by atoms with Gasteiger partial charge in [0.1, 0.15) is 0 Å². The zero-order valence-corrected chi connectivity index (χ0v) is 11.4. The van der Waals surface area contributed by atoms with Gasteiger partial charge in [-0.05, 0) is 0 Å². The molecule has 2 rings (SSSR count). The van der Waals surface area contributed by atoms with Crippen LogP contribution in [0.3, 0.4) is 0 Å². The summed E-state index contributed by atoms with van der Waals surface area (Å²) < 4.78 is 0. The molecule has 0 spiro atoms. The van der Waals surface area contributed by atoms with Crippen LogP contribution < -0.4 is 51.4 Å². The summed E-state index contributed by atoms with van der Waals surface area (Å²) in [4.78, 5) is 0. The van der Waals surface area contributed by atoms with Crippen molar-refractivity contribution < 1.29 is 51.4 Å². The van der Waals surface area contributed by atoms with Crippen LogP contribution in [0.25, 0.3) is 0 Å². The van der Waals surface area contributed by atoms with Crippen LogP contribution in [0.2, 0.25) is 0 Å². The molecule has 0 atom stereocenters. The van der Waals surface area contributed by atoms with Crippen molar-refractivity contribution >= 4 is 0 Å². The molecule has 60 valence electrons. The third-order valence-electron chi connectivity index (χ3n) is 1.83. The Hall–Kier alpha value is 0.726. The topological polar surface area (TPSA) is 0 Å². The predicted octanol–water partition coefficient (Wildman–Crippen LogP) is 0.215. The summed E-state index contributed by atoms with van der Waals surface area (Å²) in [6.07, 6.45) is 4.78. The van der Waals surface area contributed by atoms with Crippen LogP contribution in [0, 0.1) is 6.42 Å². The van der Waals surface area contributed by atoms with Crippen molar-refractivity contribution in [3.63, 3.8) is 0 Å². The van der Waals surface area contributed by atoms with Gasteiger partial charge in [-0.3, -0.25) is 0 Å². The minimum Gasteiger partial charge on any atom is -0.189 e. The first kappa shape index (κ1) is 12.7. The summed E-state index contributed by atoms with van der Waals surface area (Å²) in [6, 6.07) is 8.60. The second kappa shape index (κ2) is 7.16. The van der Waals surface area contributed by atoms with Gasteiger partial charge < -0.3 is 0 Å². The molecule has 1 aliphatic carbocycles. The zero-order valence-electron chi connectivity index (χ0n) is 8.30. The Labute approximate surface area is 118 Å². The second-order valence-corrected chi connectivity index (χ2v) is 2.44. The molecule has 0 nitrogen and oxygen atoms in total. The molecule has 0 heterocycles. The second-order valence-electron chi connectivity index (χ2n) is 2.44. The van der Waals surface area contributed by atoms with Crippen molar-refractivity contribution in [2.75, 3.05) is 0 Å². The van der Waals surface area contributed by atoms with Crippen LogP contribution in [0.1, 0.15) is 31.4 Å². The number of hydrogen-bond donors (Lipinski definition) is 0. The molecule has 1 aliphatic rings. The normalized spacial score (nSPS) is 11.5. The quantitative estimate of drug-likeness (QED) is 0.401. The fourth-order valence-corrected chi connectivity index (χ4v) is 1.34.